The number of aromatic nitrogens is 1. The van der Waals surface area contributed by atoms with Crippen LogP contribution in [0.4, 0.5) is 5.82 Å². The summed E-state index contributed by atoms with van der Waals surface area (Å²) in [6.45, 7) is 1.93. The van der Waals surface area contributed by atoms with Crippen LogP contribution in [-0.4, -0.2) is 22.0 Å². The number of nitrogens with one attached hydrogen (secondary N) is 1. The first-order valence-corrected chi connectivity index (χ1v) is 6.07. The first kappa shape index (κ1) is 14.2. The molecule has 0 aliphatic rings. The van der Waals surface area contributed by atoms with Crippen LogP contribution in [0.2, 0.25) is 0 Å². The van der Waals surface area contributed by atoms with Crippen molar-refractivity contribution in [3.8, 4) is 0 Å². The standard InChI is InChI=1S/C13H18N2O3/c1-2-5-10(13(17)18)7-8-12(16)15-11-6-3-4-9-14-11/h3-4,6,9-10H,2,5,7-8H2,1H3,(H,17,18)(H,14,15,16). The Morgan fingerprint density at radius 3 is 2.72 bits per heavy atom. The lowest BCUT2D eigenvalue weighted by Crippen LogP contribution is -2.18. The number of hydrogen-bond acceptors (Lipinski definition) is 3. The molecule has 0 aliphatic carbocycles. The predicted octanol–water partition coefficient (Wildman–Crippen LogP) is 2.30. The molecule has 0 bridgehead atoms. The van der Waals surface area contributed by atoms with Gasteiger partial charge in [-0.1, -0.05) is 19.4 Å². The Hall–Kier alpha value is -1.91. The topological polar surface area (TPSA) is 79.3 Å². The number of aliphatic carboxylic acids is 1. The van der Waals surface area contributed by atoms with Gasteiger partial charge in [0.2, 0.25) is 5.91 Å². The van der Waals surface area contributed by atoms with Gasteiger partial charge in [-0.15, -0.1) is 0 Å². The third-order valence-electron chi connectivity index (χ3n) is 2.64. The number of carbonyl (C=O) groups is 2. The van der Waals surface area contributed by atoms with Crippen LogP contribution < -0.4 is 5.32 Å². The van der Waals surface area contributed by atoms with Crippen LogP contribution in [0.15, 0.2) is 24.4 Å². The highest BCUT2D eigenvalue weighted by molar-refractivity contribution is 5.89. The van der Waals surface area contributed by atoms with Gasteiger partial charge in [0, 0.05) is 12.6 Å². The lowest BCUT2D eigenvalue weighted by atomic mass is 9.98. The van der Waals surface area contributed by atoms with Crippen molar-refractivity contribution in [2.45, 2.75) is 32.6 Å². The second kappa shape index (κ2) is 7.42. The summed E-state index contributed by atoms with van der Waals surface area (Å²) in [5, 5.41) is 11.6. The molecule has 0 saturated heterocycles. The lowest BCUT2D eigenvalue weighted by molar-refractivity contribution is -0.142. The van der Waals surface area contributed by atoms with E-state index in [0.29, 0.717) is 18.7 Å². The Balaban J connectivity index is 2.38. The van der Waals surface area contributed by atoms with Gasteiger partial charge in [0.05, 0.1) is 5.92 Å². The minimum atomic E-state index is -0.831. The molecule has 1 amide bonds. The van der Waals surface area contributed by atoms with Crippen LogP contribution in [0.1, 0.15) is 32.6 Å². The van der Waals surface area contributed by atoms with Crippen molar-refractivity contribution in [2.24, 2.45) is 5.92 Å². The van der Waals surface area contributed by atoms with Crippen LogP contribution in [0, 0.1) is 5.92 Å². The molecule has 5 nitrogen and oxygen atoms in total. The fraction of sp³-hybridized carbons (Fsp3) is 0.462. The van der Waals surface area contributed by atoms with Crippen molar-refractivity contribution in [3.05, 3.63) is 24.4 Å². The first-order chi connectivity index (χ1) is 8.63. The fourth-order valence-electron chi connectivity index (χ4n) is 1.69. The molecular formula is C13H18N2O3. The van der Waals surface area contributed by atoms with E-state index in [4.69, 9.17) is 5.11 Å². The molecule has 1 heterocycles. The molecule has 0 saturated carbocycles. The van der Waals surface area contributed by atoms with E-state index in [1.54, 1.807) is 24.4 Å². The third kappa shape index (κ3) is 4.95. The molecule has 2 N–H and O–H groups in total. The highest BCUT2D eigenvalue weighted by Gasteiger charge is 2.17. The van der Waals surface area contributed by atoms with Gasteiger partial charge in [-0.3, -0.25) is 9.59 Å². The molecule has 1 aromatic rings. The molecule has 18 heavy (non-hydrogen) atoms. The van der Waals surface area contributed by atoms with Crippen LogP contribution >= 0.6 is 0 Å². The molecule has 5 heteroatoms. The molecule has 0 radical (unpaired) electrons. The van der Waals surface area contributed by atoms with E-state index >= 15 is 0 Å². The lowest BCUT2D eigenvalue weighted by Gasteiger charge is -2.10. The smallest absolute Gasteiger partial charge is 0.306 e. The fourth-order valence-corrected chi connectivity index (χ4v) is 1.69. The Kier molecular flexibility index (Phi) is 5.84. The number of carboxylic acid groups (broad SMARTS) is 1. The highest BCUT2D eigenvalue weighted by Crippen LogP contribution is 2.14. The molecular weight excluding hydrogens is 232 g/mol. The van der Waals surface area contributed by atoms with Gasteiger partial charge < -0.3 is 10.4 Å². The van der Waals surface area contributed by atoms with Gasteiger partial charge in [0.15, 0.2) is 0 Å². The van der Waals surface area contributed by atoms with Gasteiger partial charge >= 0.3 is 5.97 Å². The summed E-state index contributed by atoms with van der Waals surface area (Å²) in [7, 11) is 0. The average molecular weight is 250 g/mol. The molecule has 98 valence electrons. The van der Waals surface area contributed by atoms with Crippen LogP contribution in [0.5, 0.6) is 0 Å². The predicted molar refractivity (Wildman–Crippen MR) is 68.1 cm³/mol. The van der Waals surface area contributed by atoms with Crippen molar-refractivity contribution >= 4 is 17.7 Å². The van der Waals surface area contributed by atoms with Crippen LogP contribution in [0.3, 0.4) is 0 Å². The van der Waals surface area contributed by atoms with E-state index < -0.39 is 11.9 Å². The summed E-state index contributed by atoms with van der Waals surface area (Å²) < 4.78 is 0. The van der Waals surface area contributed by atoms with E-state index in [0.717, 1.165) is 6.42 Å². The number of carbonyl (C=O) groups excluding carboxylic acids is 1. The summed E-state index contributed by atoms with van der Waals surface area (Å²) in [6, 6.07) is 5.23. The summed E-state index contributed by atoms with van der Waals surface area (Å²) in [4.78, 5) is 26.5. The van der Waals surface area contributed by atoms with E-state index in [1.165, 1.54) is 0 Å². The van der Waals surface area contributed by atoms with Gasteiger partial charge in [0.25, 0.3) is 0 Å². The van der Waals surface area contributed by atoms with Crippen molar-refractivity contribution in [1.82, 2.24) is 4.98 Å². The molecule has 0 aromatic carbocycles. The van der Waals surface area contributed by atoms with Gasteiger partial charge in [0.1, 0.15) is 5.82 Å². The van der Waals surface area contributed by atoms with E-state index in [9.17, 15) is 9.59 Å². The summed E-state index contributed by atoms with van der Waals surface area (Å²) in [5.41, 5.74) is 0. The largest absolute Gasteiger partial charge is 0.481 e. The molecule has 0 spiro atoms. The normalized spacial score (nSPS) is 11.8. The Morgan fingerprint density at radius 2 is 2.17 bits per heavy atom. The minimum Gasteiger partial charge on any atom is -0.481 e. The van der Waals surface area contributed by atoms with Crippen molar-refractivity contribution in [2.75, 3.05) is 5.32 Å². The van der Waals surface area contributed by atoms with Crippen molar-refractivity contribution < 1.29 is 14.7 Å². The maximum atomic E-state index is 11.6. The number of hydrogen-bond donors (Lipinski definition) is 2. The second-order valence-corrected chi connectivity index (χ2v) is 4.13. The zero-order valence-electron chi connectivity index (χ0n) is 10.4. The summed E-state index contributed by atoms with van der Waals surface area (Å²) >= 11 is 0. The Labute approximate surface area is 106 Å². The maximum absolute atomic E-state index is 11.6. The molecule has 1 aromatic heterocycles. The molecule has 1 atom stereocenters. The zero-order valence-corrected chi connectivity index (χ0v) is 10.4. The zero-order chi connectivity index (χ0) is 13.4. The van der Waals surface area contributed by atoms with Crippen molar-refractivity contribution in [1.29, 1.82) is 0 Å². The summed E-state index contributed by atoms with van der Waals surface area (Å²) in [6.07, 6.45) is 3.56. The van der Waals surface area contributed by atoms with Gasteiger partial charge in [-0.05, 0) is 25.0 Å². The van der Waals surface area contributed by atoms with E-state index in [1.807, 2.05) is 6.92 Å². The van der Waals surface area contributed by atoms with Gasteiger partial charge in [-0.2, -0.15) is 0 Å². The average Bonchev–Trinajstić information content (AvgIpc) is 2.35. The van der Waals surface area contributed by atoms with Crippen LogP contribution in [0.25, 0.3) is 0 Å². The number of carboxylic acids is 1. The number of amides is 1. The molecule has 1 rings (SSSR count). The van der Waals surface area contributed by atoms with E-state index in [2.05, 4.69) is 10.3 Å². The maximum Gasteiger partial charge on any atom is 0.306 e. The Bertz CT molecular complexity index is 392. The molecule has 0 aliphatic heterocycles. The number of rotatable bonds is 7. The number of nitrogens with zero attached hydrogens (tertiary/aromatic N) is 1. The Morgan fingerprint density at radius 1 is 1.39 bits per heavy atom. The van der Waals surface area contributed by atoms with Crippen LogP contribution in [-0.2, 0) is 9.59 Å². The first-order valence-electron chi connectivity index (χ1n) is 6.07. The van der Waals surface area contributed by atoms with E-state index in [-0.39, 0.29) is 12.3 Å². The third-order valence-corrected chi connectivity index (χ3v) is 2.64. The molecule has 0 fully saturated rings. The number of pyridine rings is 1. The second-order valence-electron chi connectivity index (χ2n) is 4.13. The number of anilines is 1. The van der Waals surface area contributed by atoms with Crippen molar-refractivity contribution in [3.63, 3.8) is 0 Å². The monoisotopic (exact) mass is 250 g/mol. The summed E-state index contributed by atoms with van der Waals surface area (Å²) in [5.74, 6) is -0.979. The SMILES string of the molecule is CCCC(CCC(=O)Nc1ccccn1)C(=O)O. The highest BCUT2D eigenvalue weighted by atomic mass is 16.4. The quantitative estimate of drug-likeness (QED) is 0.778. The molecule has 1 unspecified atom stereocenters. The minimum absolute atomic E-state index is 0.198. The van der Waals surface area contributed by atoms with Gasteiger partial charge in [-0.25, -0.2) is 4.98 Å².